The molecule has 1 aromatic heterocycles. The summed E-state index contributed by atoms with van der Waals surface area (Å²) in [6.07, 6.45) is 5.61. The number of hydrogen-bond acceptors (Lipinski definition) is 4. The average molecular weight is 309 g/mol. The van der Waals surface area contributed by atoms with Gasteiger partial charge in [-0.1, -0.05) is 17.3 Å². The van der Waals surface area contributed by atoms with E-state index in [0.29, 0.717) is 5.82 Å². The number of nitrogens with one attached hydrogen (secondary N) is 1. The van der Waals surface area contributed by atoms with Gasteiger partial charge in [-0.2, -0.15) is 0 Å². The van der Waals surface area contributed by atoms with E-state index in [0.717, 1.165) is 35.2 Å². The Kier molecular flexibility index (Phi) is 4.06. The summed E-state index contributed by atoms with van der Waals surface area (Å²) in [6.45, 7) is 5.55. The number of hydrogen-bond donors (Lipinski definition) is 1. The first-order valence-corrected chi connectivity index (χ1v) is 7.53. The lowest BCUT2D eigenvalue weighted by atomic mass is 10.0. The minimum absolute atomic E-state index is 0.0198. The van der Waals surface area contributed by atoms with Crippen LogP contribution in [0.4, 0.5) is 0 Å². The molecule has 1 N–H and O–H groups in total. The molecule has 2 aromatic rings. The van der Waals surface area contributed by atoms with Gasteiger partial charge in [-0.15, -0.1) is 5.10 Å². The number of rotatable bonds is 5. The Balaban J connectivity index is 1.89. The number of carbonyl (C=O) groups is 1. The molecule has 6 nitrogen and oxygen atoms in total. The standard InChI is InChI=1S/C17H19N5O/c1-11-4-5-13(15-10-22(3)21-20-15)8-14(11)9-16(18-2)19-17(23)12-6-7-12/h4-5,8-10,12H,2,6-7H2,1,3H3,(H,19,23)/b16-9+. The van der Waals surface area contributed by atoms with Gasteiger partial charge in [0, 0.05) is 18.5 Å². The third kappa shape index (κ3) is 3.53. The predicted molar refractivity (Wildman–Crippen MR) is 89.6 cm³/mol. The van der Waals surface area contributed by atoms with Gasteiger partial charge < -0.3 is 5.32 Å². The normalized spacial score (nSPS) is 14.6. The molecule has 3 rings (SSSR count). The number of benzene rings is 1. The van der Waals surface area contributed by atoms with Crippen LogP contribution in [0.25, 0.3) is 17.3 Å². The topological polar surface area (TPSA) is 72.2 Å². The molecule has 1 fully saturated rings. The Morgan fingerprint density at radius 2 is 2.26 bits per heavy atom. The number of nitrogens with zero attached hydrogens (tertiary/aromatic N) is 4. The van der Waals surface area contributed by atoms with Crippen molar-refractivity contribution in [2.45, 2.75) is 19.8 Å². The van der Waals surface area contributed by atoms with E-state index < -0.39 is 0 Å². The molecule has 1 heterocycles. The highest BCUT2D eigenvalue weighted by Gasteiger charge is 2.29. The van der Waals surface area contributed by atoms with Crippen LogP contribution >= 0.6 is 0 Å². The lowest BCUT2D eigenvalue weighted by molar-refractivity contribution is -0.121. The molecule has 6 heteroatoms. The summed E-state index contributed by atoms with van der Waals surface area (Å²) in [7, 11) is 1.83. The lowest BCUT2D eigenvalue weighted by Crippen LogP contribution is -2.23. The third-order valence-electron chi connectivity index (χ3n) is 3.84. The van der Waals surface area contributed by atoms with Crippen LogP contribution in [-0.2, 0) is 11.8 Å². The molecule has 1 aliphatic carbocycles. The summed E-state index contributed by atoms with van der Waals surface area (Å²) in [4.78, 5) is 15.8. The van der Waals surface area contributed by atoms with E-state index in [1.807, 2.05) is 44.4 Å². The molecule has 0 aliphatic heterocycles. The van der Waals surface area contributed by atoms with Crippen molar-refractivity contribution in [2.75, 3.05) is 0 Å². The largest absolute Gasteiger partial charge is 0.310 e. The van der Waals surface area contributed by atoms with Crippen molar-refractivity contribution in [1.82, 2.24) is 20.3 Å². The number of aliphatic imine (C=N–C) groups is 1. The second kappa shape index (κ2) is 6.16. The number of aromatic nitrogens is 3. The predicted octanol–water partition coefficient (Wildman–Crippen LogP) is 2.32. The number of aryl methyl sites for hydroxylation is 2. The smallest absolute Gasteiger partial charge is 0.228 e. The van der Waals surface area contributed by atoms with Gasteiger partial charge in [0.1, 0.15) is 11.5 Å². The molecule has 1 saturated carbocycles. The fraction of sp³-hybridized carbons (Fsp3) is 0.294. The second-order valence-corrected chi connectivity index (χ2v) is 5.80. The number of amides is 1. The van der Waals surface area contributed by atoms with Crippen LogP contribution < -0.4 is 5.32 Å². The molecule has 1 aliphatic rings. The minimum Gasteiger partial charge on any atom is -0.310 e. The molecule has 0 spiro atoms. The molecule has 118 valence electrons. The van der Waals surface area contributed by atoms with Crippen molar-refractivity contribution in [3.63, 3.8) is 0 Å². The highest BCUT2D eigenvalue weighted by Crippen LogP contribution is 2.29. The van der Waals surface area contributed by atoms with Crippen molar-refractivity contribution >= 4 is 18.7 Å². The molecule has 0 radical (unpaired) electrons. The number of carbonyl (C=O) groups excluding carboxylic acids is 1. The Bertz CT molecular complexity index is 786. The van der Waals surface area contributed by atoms with E-state index in [2.05, 4.69) is 27.3 Å². The summed E-state index contributed by atoms with van der Waals surface area (Å²) < 4.78 is 1.66. The lowest BCUT2D eigenvalue weighted by Gasteiger charge is -2.07. The molecule has 0 saturated heterocycles. The summed E-state index contributed by atoms with van der Waals surface area (Å²) >= 11 is 0. The summed E-state index contributed by atoms with van der Waals surface area (Å²) in [6, 6.07) is 6.02. The summed E-state index contributed by atoms with van der Waals surface area (Å²) in [5.41, 5.74) is 3.82. The molecular weight excluding hydrogens is 290 g/mol. The minimum atomic E-state index is 0.0198. The van der Waals surface area contributed by atoms with Crippen LogP contribution in [0.15, 0.2) is 35.2 Å². The van der Waals surface area contributed by atoms with Crippen LogP contribution in [-0.4, -0.2) is 27.6 Å². The maximum atomic E-state index is 11.9. The summed E-state index contributed by atoms with van der Waals surface area (Å²) in [5.74, 6) is 0.625. The Hall–Kier alpha value is -2.76. The van der Waals surface area contributed by atoms with Gasteiger partial charge >= 0.3 is 0 Å². The Morgan fingerprint density at radius 1 is 1.48 bits per heavy atom. The van der Waals surface area contributed by atoms with E-state index in [4.69, 9.17) is 0 Å². The molecule has 1 aromatic carbocycles. The van der Waals surface area contributed by atoms with Crippen molar-refractivity contribution in [1.29, 1.82) is 0 Å². The first-order chi connectivity index (χ1) is 11.1. The highest BCUT2D eigenvalue weighted by molar-refractivity contribution is 5.83. The maximum absolute atomic E-state index is 11.9. The molecule has 0 bridgehead atoms. The van der Waals surface area contributed by atoms with Crippen molar-refractivity contribution in [3.05, 3.63) is 41.3 Å². The third-order valence-corrected chi connectivity index (χ3v) is 3.84. The highest BCUT2D eigenvalue weighted by atomic mass is 16.2. The Morgan fingerprint density at radius 3 is 2.87 bits per heavy atom. The van der Waals surface area contributed by atoms with Crippen molar-refractivity contribution < 1.29 is 4.79 Å². The van der Waals surface area contributed by atoms with Gasteiger partial charge in [0.15, 0.2) is 0 Å². The van der Waals surface area contributed by atoms with Crippen LogP contribution in [0.5, 0.6) is 0 Å². The van der Waals surface area contributed by atoms with Crippen LogP contribution in [0.3, 0.4) is 0 Å². The van der Waals surface area contributed by atoms with Gasteiger partial charge in [0.25, 0.3) is 0 Å². The first kappa shape index (κ1) is 15.1. The van der Waals surface area contributed by atoms with E-state index >= 15 is 0 Å². The first-order valence-electron chi connectivity index (χ1n) is 7.53. The molecular formula is C17H19N5O. The van der Waals surface area contributed by atoms with Crippen molar-refractivity contribution in [2.24, 2.45) is 18.0 Å². The van der Waals surface area contributed by atoms with Gasteiger partial charge in [0.05, 0.1) is 6.20 Å². The average Bonchev–Trinajstić information content (AvgIpc) is 3.30. The van der Waals surface area contributed by atoms with Gasteiger partial charge in [0.2, 0.25) is 5.91 Å². The SMILES string of the molecule is C=N/C(=C\c1cc(-c2cn(C)nn2)ccc1C)NC(=O)C1CC1. The van der Waals surface area contributed by atoms with Gasteiger partial charge in [-0.3, -0.25) is 9.48 Å². The van der Waals surface area contributed by atoms with E-state index in [1.54, 1.807) is 4.68 Å². The molecule has 0 atom stereocenters. The van der Waals surface area contributed by atoms with Crippen molar-refractivity contribution in [3.8, 4) is 11.3 Å². The molecule has 23 heavy (non-hydrogen) atoms. The fourth-order valence-corrected chi connectivity index (χ4v) is 2.28. The Labute approximate surface area is 134 Å². The van der Waals surface area contributed by atoms with Crippen LogP contribution in [0, 0.1) is 12.8 Å². The zero-order valence-corrected chi connectivity index (χ0v) is 13.3. The summed E-state index contributed by atoms with van der Waals surface area (Å²) in [5, 5.41) is 10.9. The van der Waals surface area contributed by atoms with E-state index in [9.17, 15) is 4.79 Å². The van der Waals surface area contributed by atoms with E-state index in [1.165, 1.54) is 0 Å². The van der Waals surface area contributed by atoms with Crippen LogP contribution in [0.1, 0.15) is 24.0 Å². The monoisotopic (exact) mass is 309 g/mol. The fourth-order valence-electron chi connectivity index (χ4n) is 2.28. The molecule has 1 amide bonds. The van der Waals surface area contributed by atoms with Gasteiger partial charge in [-0.05, 0) is 49.8 Å². The second-order valence-electron chi connectivity index (χ2n) is 5.80. The van der Waals surface area contributed by atoms with Crippen LogP contribution in [0.2, 0.25) is 0 Å². The zero-order chi connectivity index (χ0) is 16.4. The zero-order valence-electron chi connectivity index (χ0n) is 13.3. The molecule has 0 unspecified atom stereocenters. The van der Waals surface area contributed by atoms with Gasteiger partial charge in [-0.25, -0.2) is 4.99 Å². The van der Waals surface area contributed by atoms with E-state index in [-0.39, 0.29) is 11.8 Å². The quantitative estimate of drug-likeness (QED) is 0.862. The maximum Gasteiger partial charge on any atom is 0.228 e.